The highest BCUT2D eigenvalue weighted by Gasteiger charge is 2.41. The van der Waals surface area contributed by atoms with E-state index in [0.29, 0.717) is 5.92 Å². The first-order valence-corrected chi connectivity index (χ1v) is 4.26. The molecule has 1 saturated carbocycles. The molecule has 1 saturated heterocycles. The Bertz CT molecular complexity index is 179. The topological polar surface area (TPSA) is 43.4 Å². The van der Waals surface area contributed by atoms with Crippen molar-refractivity contribution >= 4 is 12.8 Å². The SMILES string of the molecule is C=O.CC1CC[C@H]2C[C@@H]1OC2=O. The normalized spacial score (nSPS) is 38.1. The lowest BCUT2D eigenvalue weighted by Crippen LogP contribution is -2.20. The van der Waals surface area contributed by atoms with Gasteiger partial charge in [-0.05, 0) is 25.2 Å². The van der Waals surface area contributed by atoms with E-state index in [9.17, 15) is 4.79 Å². The first-order chi connectivity index (χ1) is 5.77. The second kappa shape index (κ2) is 3.70. The van der Waals surface area contributed by atoms with Crippen LogP contribution in [0.5, 0.6) is 0 Å². The molecule has 0 aromatic heterocycles. The maximum Gasteiger partial charge on any atom is 0.309 e. The number of hydrogen-bond acceptors (Lipinski definition) is 3. The van der Waals surface area contributed by atoms with Crippen molar-refractivity contribution in [3.05, 3.63) is 0 Å². The van der Waals surface area contributed by atoms with Crippen LogP contribution in [0.15, 0.2) is 0 Å². The highest BCUT2D eigenvalue weighted by atomic mass is 16.6. The fraction of sp³-hybridized carbons (Fsp3) is 0.778. The van der Waals surface area contributed by atoms with Crippen LogP contribution in [-0.4, -0.2) is 18.9 Å². The number of hydrogen-bond donors (Lipinski definition) is 0. The minimum Gasteiger partial charge on any atom is -0.462 e. The van der Waals surface area contributed by atoms with Crippen molar-refractivity contribution < 1.29 is 14.3 Å². The van der Waals surface area contributed by atoms with Gasteiger partial charge in [-0.1, -0.05) is 6.92 Å². The number of esters is 1. The molecule has 0 spiro atoms. The second-order valence-electron chi connectivity index (χ2n) is 3.46. The molecule has 12 heavy (non-hydrogen) atoms. The molecule has 0 N–H and O–H groups in total. The van der Waals surface area contributed by atoms with E-state index in [1.165, 1.54) is 6.42 Å². The van der Waals surface area contributed by atoms with Gasteiger partial charge in [0.1, 0.15) is 12.9 Å². The van der Waals surface area contributed by atoms with E-state index in [-0.39, 0.29) is 18.0 Å². The number of carbonyl (C=O) groups excluding carboxylic acids is 2. The molecule has 2 bridgehead atoms. The molecule has 68 valence electrons. The summed E-state index contributed by atoms with van der Waals surface area (Å²) in [6.45, 7) is 4.17. The van der Waals surface area contributed by atoms with E-state index in [2.05, 4.69) is 6.92 Å². The Kier molecular flexibility index (Phi) is 2.84. The summed E-state index contributed by atoms with van der Waals surface area (Å²) < 4.78 is 5.16. The molecule has 2 aliphatic rings. The Balaban J connectivity index is 0.000000336. The Hall–Kier alpha value is -0.860. The van der Waals surface area contributed by atoms with Gasteiger partial charge in [-0.15, -0.1) is 0 Å². The molecule has 0 radical (unpaired) electrons. The van der Waals surface area contributed by atoms with Crippen molar-refractivity contribution in [1.29, 1.82) is 0 Å². The van der Waals surface area contributed by atoms with Crippen LogP contribution >= 0.6 is 0 Å². The molecule has 2 fully saturated rings. The van der Waals surface area contributed by atoms with E-state index in [0.717, 1.165) is 12.8 Å². The van der Waals surface area contributed by atoms with E-state index < -0.39 is 0 Å². The molecular formula is C9H14O3. The minimum atomic E-state index is 0.0503. The second-order valence-corrected chi connectivity index (χ2v) is 3.46. The van der Waals surface area contributed by atoms with E-state index >= 15 is 0 Å². The van der Waals surface area contributed by atoms with Crippen molar-refractivity contribution in [3.63, 3.8) is 0 Å². The van der Waals surface area contributed by atoms with Gasteiger partial charge in [0.05, 0.1) is 5.92 Å². The molecule has 0 amide bonds. The summed E-state index contributed by atoms with van der Waals surface area (Å²) >= 11 is 0. The van der Waals surface area contributed by atoms with Gasteiger partial charge in [0.2, 0.25) is 0 Å². The maximum absolute atomic E-state index is 11.0. The molecule has 0 aromatic rings. The van der Waals surface area contributed by atoms with Crippen molar-refractivity contribution in [1.82, 2.24) is 0 Å². The van der Waals surface area contributed by atoms with Gasteiger partial charge in [-0.3, -0.25) is 4.79 Å². The zero-order valence-electron chi connectivity index (χ0n) is 7.29. The monoisotopic (exact) mass is 170 g/mol. The number of carbonyl (C=O) groups is 2. The van der Waals surface area contributed by atoms with Crippen LogP contribution in [0.3, 0.4) is 0 Å². The van der Waals surface area contributed by atoms with E-state index in [1.54, 1.807) is 0 Å². The third-order valence-corrected chi connectivity index (χ3v) is 2.72. The summed E-state index contributed by atoms with van der Waals surface area (Å²) in [5.41, 5.74) is 0. The lowest BCUT2D eigenvalue weighted by molar-refractivity contribution is -0.144. The van der Waals surface area contributed by atoms with Crippen LogP contribution in [0, 0.1) is 11.8 Å². The van der Waals surface area contributed by atoms with Crippen LogP contribution in [0.25, 0.3) is 0 Å². The minimum absolute atomic E-state index is 0.0503. The molecule has 2 rings (SSSR count). The standard InChI is InChI=1S/C8H12O2.CH2O/c1-5-2-3-6-4-7(5)10-8(6)9;1-2/h5-7H,2-4H2,1H3;1H2/t5?,6-,7-;/m0./s1. The fourth-order valence-corrected chi connectivity index (χ4v) is 1.90. The van der Waals surface area contributed by atoms with Gasteiger partial charge in [0.25, 0.3) is 0 Å². The van der Waals surface area contributed by atoms with Gasteiger partial charge in [-0.2, -0.15) is 0 Å². The third-order valence-electron chi connectivity index (χ3n) is 2.72. The van der Waals surface area contributed by atoms with Gasteiger partial charge < -0.3 is 9.53 Å². The molecule has 3 atom stereocenters. The lowest BCUT2D eigenvalue weighted by atomic mass is 9.83. The van der Waals surface area contributed by atoms with Crippen LogP contribution < -0.4 is 0 Å². The Labute approximate surface area is 72.1 Å². The highest BCUT2D eigenvalue weighted by molar-refractivity contribution is 5.75. The number of rotatable bonds is 0. The van der Waals surface area contributed by atoms with Crippen molar-refractivity contribution in [2.45, 2.75) is 32.3 Å². The summed E-state index contributed by atoms with van der Waals surface area (Å²) in [6.07, 6.45) is 3.46. The third kappa shape index (κ3) is 1.49. The molecular weight excluding hydrogens is 156 g/mol. The van der Waals surface area contributed by atoms with Crippen molar-refractivity contribution in [2.75, 3.05) is 0 Å². The van der Waals surface area contributed by atoms with Crippen LogP contribution in [-0.2, 0) is 14.3 Å². The average Bonchev–Trinajstić information content (AvgIpc) is 2.41. The summed E-state index contributed by atoms with van der Waals surface area (Å²) in [5, 5.41) is 0. The van der Waals surface area contributed by atoms with Gasteiger partial charge in [-0.25, -0.2) is 0 Å². The Morgan fingerprint density at radius 3 is 2.67 bits per heavy atom. The predicted molar refractivity (Wildman–Crippen MR) is 43.5 cm³/mol. The predicted octanol–water partition coefficient (Wildman–Crippen LogP) is 1.16. The molecule has 3 nitrogen and oxygen atoms in total. The van der Waals surface area contributed by atoms with Gasteiger partial charge in [0.15, 0.2) is 0 Å². The van der Waals surface area contributed by atoms with Crippen molar-refractivity contribution in [2.24, 2.45) is 11.8 Å². The largest absolute Gasteiger partial charge is 0.462 e. The van der Waals surface area contributed by atoms with E-state index in [1.807, 2.05) is 6.79 Å². The maximum atomic E-state index is 11.0. The van der Waals surface area contributed by atoms with E-state index in [4.69, 9.17) is 9.53 Å². The zero-order valence-corrected chi connectivity index (χ0v) is 7.29. The molecule has 1 aliphatic heterocycles. The van der Waals surface area contributed by atoms with Gasteiger partial charge >= 0.3 is 5.97 Å². The molecule has 1 heterocycles. The fourth-order valence-electron chi connectivity index (χ4n) is 1.90. The first kappa shape index (κ1) is 9.23. The molecule has 1 aliphatic carbocycles. The summed E-state index contributed by atoms with van der Waals surface area (Å²) in [7, 11) is 0. The summed E-state index contributed by atoms with van der Waals surface area (Å²) in [4.78, 5) is 19.0. The van der Waals surface area contributed by atoms with Crippen molar-refractivity contribution in [3.8, 4) is 0 Å². The molecule has 0 aromatic carbocycles. The number of fused-ring (bicyclic) bond motifs is 2. The summed E-state index contributed by atoms with van der Waals surface area (Å²) in [6, 6.07) is 0. The Morgan fingerprint density at radius 2 is 2.08 bits per heavy atom. The molecule has 1 unspecified atom stereocenters. The lowest BCUT2D eigenvalue weighted by Gasteiger charge is -2.21. The first-order valence-electron chi connectivity index (χ1n) is 4.26. The van der Waals surface area contributed by atoms with Crippen LogP contribution in [0.1, 0.15) is 26.2 Å². The Morgan fingerprint density at radius 1 is 1.42 bits per heavy atom. The summed E-state index contributed by atoms with van der Waals surface area (Å²) in [5.74, 6) is 0.901. The zero-order chi connectivity index (χ0) is 9.14. The highest BCUT2D eigenvalue weighted by Crippen LogP contribution is 2.37. The average molecular weight is 170 g/mol. The quantitative estimate of drug-likeness (QED) is 0.512. The molecule has 3 heteroatoms. The van der Waals surface area contributed by atoms with Crippen LogP contribution in [0.4, 0.5) is 0 Å². The van der Waals surface area contributed by atoms with Gasteiger partial charge in [0, 0.05) is 0 Å². The van der Waals surface area contributed by atoms with Crippen LogP contribution in [0.2, 0.25) is 0 Å². The smallest absolute Gasteiger partial charge is 0.309 e. The number of ether oxygens (including phenoxy) is 1.